The molecule has 20 heavy (non-hydrogen) atoms. The Kier molecular flexibility index (Phi) is 5.19. The molecule has 2 rings (SSSR count). The fraction of sp³-hybridized carbons (Fsp3) is 0.667. The van der Waals surface area contributed by atoms with E-state index >= 15 is 0 Å². The first-order chi connectivity index (χ1) is 9.76. The molecule has 0 spiro atoms. The van der Waals surface area contributed by atoms with Crippen molar-refractivity contribution in [2.24, 2.45) is 5.73 Å². The minimum absolute atomic E-state index is 0.405. The van der Waals surface area contributed by atoms with Gasteiger partial charge in [0.2, 0.25) is 0 Å². The molecule has 0 aliphatic rings. The van der Waals surface area contributed by atoms with Gasteiger partial charge in [0.15, 0.2) is 11.5 Å². The van der Waals surface area contributed by atoms with Gasteiger partial charge < -0.3 is 15.2 Å². The summed E-state index contributed by atoms with van der Waals surface area (Å²) in [6, 6.07) is 0. The molecule has 2 aromatic heterocycles. The fourth-order valence-corrected chi connectivity index (χ4v) is 1.90. The van der Waals surface area contributed by atoms with Crippen molar-refractivity contribution in [3.8, 4) is 11.6 Å². The first-order valence-electron chi connectivity index (χ1n) is 6.92. The average molecular weight is 279 g/mol. The van der Waals surface area contributed by atoms with Crippen LogP contribution in [0.2, 0.25) is 0 Å². The van der Waals surface area contributed by atoms with E-state index in [9.17, 15) is 0 Å². The summed E-state index contributed by atoms with van der Waals surface area (Å²) in [7, 11) is 0. The molecule has 0 fully saturated rings. The van der Waals surface area contributed by atoms with Crippen LogP contribution in [0, 0.1) is 0 Å². The lowest BCUT2D eigenvalue weighted by atomic mass is 10.3. The second-order valence-electron chi connectivity index (χ2n) is 4.45. The van der Waals surface area contributed by atoms with Crippen LogP contribution in [0.3, 0.4) is 0 Å². The number of aromatic nitrogens is 5. The zero-order chi connectivity index (χ0) is 14.4. The van der Waals surface area contributed by atoms with Crippen molar-refractivity contribution in [1.29, 1.82) is 0 Å². The van der Waals surface area contributed by atoms with Crippen molar-refractivity contribution in [2.45, 2.75) is 26.8 Å². The smallest absolute Gasteiger partial charge is 0.280 e. The van der Waals surface area contributed by atoms with Crippen molar-refractivity contribution in [2.75, 3.05) is 26.2 Å². The largest absolute Gasteiger partial charge is 0.332 e. The Morgan fingerprint density at radius 1 is 1.35 bits per heavy atom. The Hall–Kier alpha value is -1.80. The molecular formula is C12H21N7O. The molecule has 0 aromatic carbocycles. The highest BCUT2D eigenvalue weighted by atomic mass is 16.5. The molecule has 0 unspecified atom stereocenters. The molecule has 2 aromatic rings. The highest BCUT2D eigenvalue weighted by Gasteiger charge is 2.13. The van der Waals surface area contributed by atoms with E-state index in [0.717, 1.165) is 26.1 Å². The van der Waals surface area contributed by atoms with E-state index in [1.807, 2.05) is 0 Å². The zero-order valence-electron chi connectivity index (χ0n) is 12.0. The standard InChI is InChI=1S/C12H21N7O/c1-3-18(4-2)7-5-11-14-12(20-16-11)10-9-19(8-6-13)17-15-10/h9H,3-8,13H2,1-2H3. The summed E-state index contributed by atoms with van der Waals surface area (Å²) in [6.07, 6.45) is 2.52. The van der Waals surface area contributed by atoms with Crippen molar-refractivity contribution < 1.29 is 4.52 Å². The van der Waals surface area contributed by atoms with Crippen LogP contribution in [0.15, 0.2) is 10.7 Å². The second kappa shape index (κ2) is 7.11. The first kappa shape index (κ1) is 14.6. The highest BCUT2D eigenvalue weighted by Crippen LogP contribution is 2.13. The lowest BCUT2D eigenvalue weighted by Crippen LogP contribution is -2.25. The summed E-state index contributed by atoms with van der Waals surface area (Å²) in [5, 5.41) is 11.9. The van der Waals surface area contributed by atoms with Crippen LogP contribution in [-0.2, 0) is 13.0 Å². The molecule has 0 radical (unpaired) electrons. The van der Waals surface area contributed by atoms with Crippen molar-refractivity contribution in [3.05, 3.63) is 12.0 Å². The monoisotopic (exact) mass is 279 g/mol. The number of likely N-dealkylation sites (N-methyl/N-ethyl adjacent to an activating group) is 1. The van der Waals surface area contributed by atoms with Crippen molar-refractivity contribution in [1.82, 2.24) is 30.0 Å². The third-order valence-electron chi connectivity index (χ3n) is 3.13. The van der Waals surface area contributed by atoms with Gasteiger partial charge >= 0.3 is 0 Å². The van der Waals surface area contributed by atoms with E-state index in [0.29, 0.717) is 30.5 Å². The van der Waals surface area contributed by atoms with E-state index < -0.39 is 0 Å². The molecule has 0 amide bonds. The summed E-state index contributed by atoms with van der Waals surface area (Å²) in [4.78, 5) is 6.66. The Bertz CT molecular complexity index is 517. The molecular weight excluding hydrogens is 258 g/mol. The maximum Gasteiger partial charge on any atom is 0.280 e. The van der Waals surface area contributed by atoms with Gasteiger partial charge in [0, 0.05) is 19.5 Å². The van der Waals surface area contributed by atoms with Crippen molar-refractivity contribution >= 4 is 0 Å². The minimum Gasteiger partial charge on any atom is -0.332 e. The van der Waals surface area contributed by atoms with E-state index in [-0.39, 0.29) is 0 Å². The minimum atomic E-state index is 0.405. The molecule has 8 heteroatoms. The Morgan fingerprint density at radius 3 is 2.85 bits per heavy atom. The lowest BCUT2D eigenvalue weighted by molar-refractivity contribution is 0.303. The van der Waals surface area contributed by atoms with Gasteiger partial charge in [0.05, 0.1) is 12.7 Å². The van der Waals surface area contributed by atoms with Crippen LogP contribution in [0.25, 0.3) is 11.6 Å². The number of nitrogens with two attached hydrogens (primary N) is 1. The molecule has 2 N–H and O–H groups in total. The van der Waals surface area contributed by atoms with Gasteiger partial charge in [0.25, 0.3) is 5.89 Å². The third-order valence-corrected chi connectivity index (χ3v) is 3.13. The van der Waals surface area contributed by atoms with Gasteiger partial charge in [-0.25, -0.2) is 0 Å². The predicted molar refractivity (Wildman–Crippen MR) is 73.9 cm³/mol. The van der Waals surface area contributed by atoms with Gasteiger partial charge in [-0.2, -0.15) is 4.98 Å². The van der Waals surface area contributed by atoms with Crippen LogP contribution in [0.1, 0.15) is 19.7 Å². The van der Waals surface area contributed by atoms with Gasteiger partial charge in [-0.1, -0.05) is 24.2 Å². The molecule has 8 nitrogen and oxygen atoms in total. The third kappa shape index (κ3) is 3.61. The van der Waals surface area contributed by atoms with Gasteiger partial charge in [0.1, 0.15) is 0 Å². The summed E-state index contributed by atoms with van der Waals surface area (Å²) < 4.78 is 6.88. The van der Waals surface area contributed by atoms with Gasteiger partial charge in [-0.15, -0.1) is 5.10 Å². The summed E-state index contributed by atoms with van der Waals surface area (Å²) in [5.74, 6) is 1.10. The van der Waals surface area contributed by atoms with Gasteiger partial charge in [-0.05, 0) is 13.1 Å². The second-order valence-corrected chi connectivity index (χ2v) is 4.45. The Labute approximate surface area is 117 Å². The van der Waals surface area contributed by atoms with Gasteiger partial charge in [-0.3, -0.25) is 4.68 Å². The molecule has 0 aliphatic carbocycles. The van der Waals surface area contributed by atoms with E-state index in [1.165, 1.54) is 0 Å². The molecule has 0 bridgehead atoms. The summed E-state index contributed by atoms with van der Waals surface area (Å²) >= 11 is 0. The SMILES string of the molecule is CCN(CC)CCc1noc(-c2cn(CCN)nn2)n1. The maximum absolute atomic E-state index is 5.46. The van der Waals surface area contributed by atoms with Crippen LogP contribution >= 0.6 is 0 Å². The number of nitrogens with zero attached hydrogens (tertiary/aromatic N) is 6. The van der Waals surface area contributed by atoms with Crippen LogP contribution in [0.4, 0.5) is 0 Å². The fourth-order valence-electron chi connectivity index (χ4n) is 1.90. The highest BCUT2D eigenvalue weighted by molar-refractivity contribution is 5.43. The van der Waals surface area contributed by atoms with Crippen LogP contribution in [0.5, 0.6) is 0 Å². The van der Waals surface area contributed by atoms with E-state index in [1.54, 1.807) is 10.9 Å². The lowest BCUT2D eigenvalue weighted by Gasteiger charge is -2.16. The topological polar surface area (TPSA) is 98.9 Å². The van der Waals surface area contributed by atoms with E-state index in [2.05, 4.69) is 39.2 Å². The normalized spacial score (nSPS) is 11.4. The van der Waals surface area contributed by atoms with Crippen LogP contribution in [-0.4, -0.2) is 56.2 Å². The number of hydrogen-bond acceptors (Lipinski definition) is 7. The Morgan fingerprint density at radius 2 is 2.15 bits per heavy atom. The average Bonchev–Trinajstić information content (AvgIpc) is 3.09. The van der Waals surface area contributed by atoms with Crippen molar-refractivity contribution in [3.63, 3.8) is 0 Å². The predicted octanol–water partition coefficient (Wildman–Crippen LogP) is 0.171. The molecule has 110 valence electrons. The number of hydrogen-bond donors (Lipinski definition) is 1. The molecule has 2 heterocycles. The number of rotatable bonds is 8. The van der Waals surface area contributed by atoms with E-state index in [4.69, 9.17) is 10.3 Å². The first-order valence-corrected chi connectivity index (χ1v) is 6.92. The zero-order valence-corrected chi connectivity index (χ0v) is 12.0. The maximum atomic E-state index is 5.46. The Balaban J connectivity index is 1.97. The quantitative estimate of drug-likeness (QED) is 0.735. The van der Waals surface area contributed by atoms with Crippen LogP contribution < -0.4 is 5.73 Å². The summed E-state index contributed by atoms with van der Waals surface area (Å²) in [5.41, 5.74) is 6.05. The molecule has 0 saturated carbocycles. The summed E-state index contributed by atoms with van der Waals surface area (Å²) in [6.45, 7) is 8.38. The molecule has 0 saturated heterocycles. The molecule has 0 aliphatic heterocycles. The molecule has 0 atom stereocenters.